The summed E-state index contributed by atoms with van der Waals surface area (Å²) in [5, 5.41) is 0. The summed E-state index contributed by atoms with van der Waals surface area (Å²) >= 11 is 0. The Bertz CT molecular complexity index is 1510. The van der Waals surface area contributed by atoms with Crippen molar-refractivity contribution in [3.63, 3.8) is 0 Å². The first-order valence-electron chi connectivity index (χ1n) is 16.0. The van der Waals surface area contributed by atoms with E-state index >= 15 is 0 Å². The Morgan fingerprint density at radius 2 is 1.39 bits per heavy atom. The van der Waals surface area contributed by atoms with Gasteiger partial charge in [-0.2, -0.15) is 0 Å². The van der Waals surface area contributed by atoms with Crippen LogP contribution in [0.1, 0.15) is 29.5 Å². The molecule has 0 N–H and O–H groups in total. The molecule has 1 heterocycles. The number of halogens is 1. The lowest BCUT2D eigenvalue weighted by Crippen LogP contribution is -2.38. The molecule has 2 amide bonds. The molecule has 46 heavy (non-hydrogen) atoms. The number of hydrogen-bond acceptors (Lipinski definition) is 5. The second kappa shape index (κ2) is 17.2. The molecule has 0 saturated carbocycles. The number of morpholine rings is 1. The monoisotopic (exact) mass is 623 g/mol. The third-order valence-electron chi connectivity index (χ3n) is 8.10. The van der Waals surface area contributed by atoms with Gasteiger partial charge in [-0.25, -0.2) is 4.39 Å². The van der Waals surface area contributed by atoms with Crippen LogP contribution in [-0.2, 0) is 33.8 Å². The smallest absolute Gasteiger partial charge is 0.227 e. The Balaban J connectivity index is 1.26. The van der Waals surface area contributed by atoms with Crippen molar-refractivity contribution in [3.05, 3.63) is 132 Å². The third kappa shape index (κ3) is 10.3. The second-order valence-electron chi connectivity index (χ2n) is 11.4. The van der Waals surface area contributed by atoms with E-state index in [1.807, 2.05) is 77.7 Å². The van der Waals surface area contributed by atoms with E-state index in [1.165, 1.54) is 12.1 Å². The SMILES string of the molecule is O=C(CCC(=O)N(Cc1ccc(F)cc1)c1cccc(OCCN2CCOCC2)c1)N(CCc1ccccc1)Cc1ccccc1. The van der Waals surface area contributed by atoms with Crippen molar-refractivity contribution in [2.75, 3.05) is 50.9 Å². The fraction of sp³-hybridized carbons (Fsp3) is 0.316. The zero-order valence-corrected chi connectivity index (χ0v) is 26.2. The maximum Gasteiger partial charge on any atom is 0.227 e. The van der Waals surface area contributed by atoms with E-state index in [0.29, 0.717) is 31.1 Å². The van der Waals surface area contributed by atoms with Crippen molar-refractivity contribution in [2.24, 2.45) is 0 Å². The van der Waals surface area contributed by atoms with Crippen molar-refractivity contribution in [1.29, 1.82) is 0 Å². The van der Waals surface area contributed by atoms with Crippen molar-refractivity contribution in [1.82, 2.24) is 9.80 Å². The minimum absolute atomic E-state index is 0.0404. The van der Waals surface area contributed by atoms with Crippen molar-refractivity contribution >= 4 is 17.5 Å². The van der Waals surface area contributed by atoms with Gasteiger partial charge in [0.25, 0.3) is 0 Å². The summed E-state index contributed by atoms with van der Waals surface area (Å²) in [7, 11) is 0. The summed E-state index contributed by atoms with van der Waals surface area (Å²) in [5.41, 5.74) is 3.64. The Kier molecular flexibility index (Phi) is 12.3. The molecular formula is C38H42FN3O4. The molecule has 4 aromatic carbocycles. The van der Waals surface area contributed by atoms with Gasteiger partial charge in [0.15, 0.2) is 0 Å². The van der Waals surface area contributed by atoms with Gasteiger partial charge >= 0.3 is 0 Å². The number of nitrogens with zero attached hydrogens (tertiary/aromatic N) is 3. The Morgan fingerprint density at radius 1 is 0.739 bits per heavy atom. The number of benzene rings is 4. The molecule has 5 rings (SSSR count). The summed E-state index contributed by atoms with van der Waals surface area (Å²) in [6.07, 6.45) is 0.845. The van der Waals surface area contributed by atoms with Gasteiger partial charge < -0.3 is 19.3 Å². The minimum Gasteiger partial charge on any atom is -0.492 e. The fourth-order valence-electron chi connectivity index (χ4n) is 5.47. The Hall–Kier alpha value is -4.53. The van der Waals surface area contributed by atoms with Crippen LogP contribution in [0.3, 0.4) is 0 Å². The average Bonchev–Trinajstić information content (AvgIpc) is 3.10. The maximum atomic E-state index is 13.8. The minimum atomic E-state index is -0.336. The normalized spacial score (nSPS) is 13.2. The van der Waals surface area contributed by atoms with Gasteiger partial charge in [0.2, 0.25) is 11.8 Å². The van der Waals surface area contributed by atoms with E-state index in [9.17, 15) is 14.0 Å². The molecule has 0 radical (unpaired) electrons. The van der Waals surface area contributed by atoms with Crippen LogP contribution in [0.5, 0.6) is 5.75 Å². The molecule has 4 aromatic rings. The molecule has 0 aromatic heterocycles. The van der Waals surface area contributed by atoms with E-state index in [0.717, 1.165) is 56.0 Å². The van der Waals surface area contributed by atoms with E-state index in [1.54, 1.807) is 17.0 Å². The predicted molar refractivity (Wildman–Crippen MR) is 178 cm³/mol. The molecule has 1 aliphatic rings. The molecule has 0 aliphatic carbocycles. The average molecular weight is 624 g/mol. The van der Waals surface area contributed by atoms with Crippen LogP contribution in [0.15, 0.2) is 109 Å². The number of ether oxygens (including phenoxy) is 2. The lowest BCUT2D eigenvalue weighted by atomic mass is 10.1. The van der Waals surface area contributed by atoms with Crippen LogP contribution in [-0.4, -0.2) is 67.6 Å². The van der Waals surface area contributed by atoms with Gasteiger partial charge in [0.1, 0.15) is 18.2 Å². The van der Waals surface area contributed by atoms with Gasteiger partial charge in [-0.15, -0.1) is 0 Å². The third-order valence-corrected chi connectivity index (χ3v) is 8.10. The van der Waals surface area contributed by atoms with Crippen molar-refractivity contribution in [2.45, 2.75) is 32.4 Å². The van der Waals surface area contributed by atoms with E-state index in [4.69, 9.17) is 9.47 Å². The standard InChI is InChI=1S/C38H42FN3O4/c39-34-16-14-33(15-17-34)30-42(35-12-7-13-36(28-35)46-27-24-40-22-25-45-26-23-40)38(44)19-18-37(43)41(29-32-10-5-2-6-11-32)21-20-31-8-3-1-4-9-31/h1-17,28H,18-27,29-30H2. The molecule has 0 bridgehead atoms. The molecule has 240 valence electrons. The van der Waals surface area contributed by atoms with E-state index < -0.39 is 0 Å². The molecule has 1 saturated heterocycles. The number of carbonyl (C=O) groups excluding carboxylic acids is 2. The van der Waals surface area contributed by atoms with Gasteiger partial charge in [0, 0.05) is 57.3 Å². The van der Waals surface area contributed by atoms with Crippen molar-refractivity contribution in [3.8, 4) is 5.75 Å². The first kappa shape index (κ1) is 32.9. The van der Waals surface area contributed by atoms with Gasteiger partial charge in [-0.3, -0.25) is 14.5 Å². The zero-order valence-electron chi connectivity index (χ0n) is 26.2. The number of rotatable bonds is 15. The zero-order chi connectivity index (χ0) is 32.0. The topological polar surface area (TPSA) is 62.3 Å². The lowest BCUT2D eigenvalue weighted by molar-refractivity contribution is -0.133. The highest BCUT2D eigenvalue weighted by atomic mass is 19.1. The van der Waals surface area contributed by atoms with E-state index in [2.05, 4.69) is 17.0 Å². The fourth-order valence-corrected chi connectivity index (χ4v) is 5.47. The highest BCUT2D eigenvalue weighted by Gasteiger charge is 2.21. The summed E-state index contributed by atoms with van der Waals surface area (Å²) in [5.74, 6) is 0.0616. The summed E-state index contributed by atoms with van der Waals surface area (Å²) in [6, 6.07) is 33.6. The van der Waals surface area contributed by atoms with E-state index in [-0.39, 0.29) is 37.0 Å². The number of amides is 2. The largest absolute Gasteiger partial charge is 0.492 e. The number of anilines is 1. The molecule has 1 fully saturated rings. The number of carbonyl (C=O) groups is 2. The quantitative estimate of drug-likeness (QED) is 0.160. The molecule has 1 aliphatic heterocycles. The van der Waals surface area contributed by atoms with Crippen molar-refractivity contribution < 1.29 is 23.5 Å². The van der Waals surface area contributed by atoms with Crippen LogP contribution in [0.2, 0.25) is 0 Å². The van der Waals surface area contributed by atoms with Crippen LogP contribution in [0.25, 0.3) is 0 Å². The van der Waals surface area contributed by atoms with Gasteiger partial charge in [-0.1, -0.05) is 78.9 Å². The molecule has 0 atom stereocenters. The van der Waals surface area contributed by atoms with Gasteiger partial charge in [0.05, 0.1) is 19.8 Å². The molecule has 0 unspecified atom stereocenters. The van der Waals surface area contributed by atoms with Gasteiger partial charge in [-0.05, 0) is 47.4 Å². The lowest BCUT2D eigenvalue weighted by Gasteiger charge is -2.27. The summed E-state index contributed by atoms with van der Waals surface area (Å²) in [4.78, 5) is 33.2. The summed E-state index contributed by atoms with van der Waals surface area (Å²) in [6.45, 7) is 5.81. The van der Waals surface area contributed by atoms with Crippen LogP contribution in [0.4, 0.5) is 10.1 Å². The second-order valence-corrected chi connectivity index (χ2v) is 11.4. The van der Waals surface area contributed by atoms with Crippen LogP contribution in [0, 0.1) is 5.82 Å². The highest BCUT2D eigenvalue weighted by Crippen LogP contribution is 2.25. The Morgan fingerprint density at radius 3 is 2.11 bits per heavy atom. The first-order valence-corrected chi connectivity index (χ1v) is 16.0. The Labute approximate surface area is 271 Å². The predicted octanol–water partition coefficient (Wildman–Crippen LogP) is 6.12. The number of hydrogen-bond donors (Lipinski definition) is 0. The van der Waals surface area contributed by atoms with Crippen LogP contribution < -0.4 is 9.64 Å². The first-order chi connectivity index (χ1) is 22.5. The molecule has 0 spiro atoms. The maximum absolute atomic E-state index is 13.8. The summed E-state index contributed by atoms with van der Waals surface area (Å²) < 4.78 is 25.2. The molecular weight excluding hydrogens is 581 g/mol. The highest BCUT2D eigenvalue weighted by molar-refractivity contribution is 5.95. The van der Waals surface area contributed by atoms with Crippen LogP contribution >= 0.6 is 0 Å². The molecule has 7 nitrogen and oxygen atoms in total. The molecule has 8 heteroatoms.